The molecule has 0 fully saturated rings. The maximum Gasteiger partial charge on any atom is 0.299 e. The summed E-state index contributed by atoms with van der Waals surface area (Å²) < 4.78 is 81.4. The van der Waals surface area contributed by atoms with Gasteiger partial charge in [0.2, 0.25) is 22.5 Å². The van der Waals surface area contributed by atoms with Crippen LogP contribution < -0.4 is 31.9 Å². The molecule has 60 heavy (non-hydrogen) atoms. The van der Waals surface area contributed by atoms with Crippen LogP contribution in [0.4, 0.5) is 22.7 Å². The van der Waals surface area contributed by atoms with Crippen molar-refractivity contribution < 1.29 is 45.6 Å². The zero-order valence-corrected chi connectivity index (χ0v) is 37.6. The second kappa shape index (κ2) is 22.1. The maximum absolute atomic E-state index is 12.6. The molecule has 6 aromatic rings. The van der Waals surface area contributed by atoms with Gasteiger partial charge in [0.05, 0.1) is 36.0 Å². The molecule has 2 radical (unpaired) electrons. The van der Waals surface area contributed by atoms with Crippen LogP contribution in [0.1, 0.15) is 11.1 Å². The van der Waals surface area contributed by atoms with Gasteiger partial charge >= 0.3 is 0 Å². The van der Waals surface area contributed by atoms with Gasteiger partial charge in [0.15, 0.2) is 0 Å². The largest absolute Gasteiger partial charge is 0.462 e. The molecule has 6 rings (SSSR count). The summed E-state index contributed by atoms with van der Waals surface area (Å²) in [6, 6.07) is 25.2. The van der Waals surface area contributed by atoms with Crippen LogP contribution in [0.3, 0.4) is 0 Å². The predicted molar refractivity (Wildman–Crippen MR) is 218 cm³/mol. The van der Waals surface area contributed by atoms with Gasteiger partial charge in [-0.1, -0.05) is 60.7 Å². The Morgan fingerprint density at radius 1 is 0.533 bits per heavy atom. The van der Waals surface area contributed by atoms with Crippen molar-refractivity contribution in [2.75, 3.05) is 26.4 Å². The normalized spacial score (nSPS) is 12.9. The Morgan fingerprint density at radius 3 is 1.27 bits per heavy atom. The summed E-state index contributed by atoms with van der Waals surface area (Å²) in [6.45, 7) is -0.800. The summed E-state index contributed by atoms with van der Waals surface area (Å²) in [5.41, 5.74) is 1.24. The molecule has 2 aromatic heterocycles. The van der Waals surface area contributed by atoms with Crippen LogP contribution in [0.25, 0.3) is 12.2 Å². The number of aromatic amines is 4. The second-order valence-electron chi connectivity index (χ2n) is 11.7. The van der Waals surface area contributed by atoms with Crippen LogP contribution in [-0.2, 0) is 20.2 Å². The molecule has 0 amide bonds. The van der Waals surface area contributed by atoms with Crippen molar-refractivity contribution in [1.29, 1.82) is 0 Å². The molecule has 0 unspecified atom stereocenters. The summed E-state index contributed by atoms with van der Waals surface area (Å²) >= 11 is 0. The fraction of sp³-hybridized carbons (Fsp3) is 0.111. The number of H-pyrrole nitrogens is 4. The van der Waals surface area contributed by atoms with Crippen LogP contribution in [0.5, 0.6) is 12.0 Å². The van der Waals surface area contributed by atoms with Crippen LogP contribution in [0, 0.1) is 0 Å². The number of hydrogen-bond donors (Lipinski definition) is 8. The monoisotopic (exact) mass is 876 g/mol. The van der Waals surface area contributed by atoms with Crippen molar-refractivity contribution in [2.24, 2.45) is 20.0 Å². The molecule has 0 aliphatic heterocycles. The number of aromatic nitrogens is 6. The zero-order valence-electron chi connectivity index (χ0n) is 32.0. The summed E-state index contributed by atoms with van der Waals surface area (Å²) in [4.78, 5) is 36.0. The van der Waals surface area contributed by atoms with Gasteiger partial charge in [0, 0.05) is 59.1 Å². The molecule has 0 aliphatic rings. The summed E-state index contributed by atoms with van der Waals surface area (Å²) in [5.74, 6) is 0. The molecule has 8 N–H and O–H groups in total. The van der Waals surface area contributed by atoms with Gasteiger partial charge in [0.1, 0.15) is 23.0 Å². The summed E-state index contributed by atoms with van der Waals surface area (Å²) in [7, 11) is -9.75. The van der Waals surface area contributed by atoms with Crippen LogP contribution in [0.2, 0.25) is 0 Å². The van der Waals surface area contributed by atoms with Gasteiger partial charge in [0.25, 0.3) is 32.3 Å². The third kappa shape index (κ3) is 13.9. The van der Waals surface area contributed by atoms with Crippen molar-refractivity contribution in [1.82, 2.24) is 29.9 Å². The Hall–Kier alpha value is -4.82. The van der Waals surface area contributed by atoms with Crippen molar-refractivity contribution in [3.8, 4) is 12.0 Å². The van der Waals surface area contributed by atoms with Gasteiger partial charge in [-0.2, -0.15) is 26.8 Å². The fourth-order valence-electron chi connectivity index (χ4n) is 5.01. The third-order valence-corrected chi connectivity index (χ3v) is 9.26. The van der Waals surface area contributed by atoms with E-state index in [0.29, 0.717) is 11.4 Å². The molecule has 0 bridgehead atoms. The van der Waals surface area contributed by atoms with Gasteiger partial charge in [-0.05, 0) is 59.7 Å². The van der Waals surface area contributed by atoms with Gasteiger partial charge in [-0.15, -0.1) is 0 Å². The minimum Gasteiger partial charge on any atom is -0.462 e. The quantitative estimate of drug-likeness (QED) is 0.0437. The van der Waals surface area contributed by atoms with E-state index in [9.17, 15) is 36.2 Å². The third-order valence-electron chi connectivity index (χ3n) is 7.44. The molecule has 0 spiro atoms. The molecule has 4 aromatic carbocycles. The van der Waals surface area contributed by atoms with Crippen molar-refractivity contribution in [3.63, 3.8) is 0 Å². The zero-order chi connectivity index (χ0) is 41.1. The molecule has 0 saturated heterocycles. The van der Waals surface area contributed by atoms with E-state index in [2.05, 4.69) is 49.9 Å². The Bertz CT molecular complexity index is 2760. The van der Waals surface area contributed by atoms with Gasteiger partial charge in [-0.3, -0.25) is 29.0 Å². The van der Waals surface area contributed by atoms with Crippen molar-refractivity contribution in [3.05, 3.63) is 131 Å². The summed E-state index contributed by atoms with van der Waals surface area (Å²) in [5, 5.41) is 18.4. The molecule has 24 heteroatoms. The van der Waals surface area contributed by atoms with Crippen LogP contribution >= 0.6 is 0 Å². The van der Waals surface area contributed by atoms with Crippen LogP contribution in [0.15, 0.2) is 127 Å². The number of para-hydroxylation sites is 2. The Labute approximate surface area is 385 Å². The molecular formula is C36H34N10Na2O10S2. The van der Waals surface area contributed by atoms with E-state index in [1.54, 1.807) is 48.5 Å². The molecular weight excluding hydrogens is 843 g/mol. The molecule has 2 heterocycles. The Kier molecular flexibility index (Phi) is 17.7. The van der Waals surface area contributed by atoms with Crippen molar-refractivity contribution >= 4 is 114 Å². The number of ether oxygens (including phenoxy) is 2. The van der Waals surface area contributed by atoms with E-state index in [0.717, 1.165) is 12.1 Å². The van der Waals surface area contributed by atoms with Gasteiger partial charge in [-0.25, -0.2) is 20.0 Å². The number of nitrogens with zero attached hydrogens (tertiary/aromatic N) is 6. The molecule has 0 saturated carbocycles. The molecule has 302 valence electrons. The Balaban J connectivity index is 0.00000397. The van der Waals surface area contributed by atoms with Crippen molar-refractivity contribution in [2.45, 2.75) is 9.79 Å². The number of rotatable bonds is 14. The fourth-order valence-corrected chi connectivity index (χ4v) is 6.42. The number of hydrogen-bond acceptors (Lipinski definition) is 14. The first kappa shape index (κ1) is 47.9. The van der Waals surface area contributed by atoms with Crippen LogP contribution in [-0.4, -0.2) is 152 Å². The topological polar surface area (TPSA) is 306 Å². The molecule has 0 aliphatic carbocycles. The van der Waals surface area contributed by atoms with E-state index in [4.69, 9.17) is 9.47 Å². The van der Waals surface area contributed by atoms with Gasteiger partial charge < -0.3 is 19.7 Å². The smallest absolute Gasteiger partial charge is 0.299 e. The number of aliphatic hydroxyl groups is 2. The van der Waals surface area contributed by atoms with E-state index in [-0.39, 0.29) is 143 Å². The van der Waals surface area contributed by atoms with E-state index >= 15 is 0 Å². The SMILES string of the molecule is O=S(=O)(O)c1cc(N=c2[nH]c(OCCO)nc(=Nc3ccccc3)[nH]2)ccc1C=Cc1ccc(N=c2[nH]c(OCCO)nc(=Nc3ccccc3)[nH]2)cc1S(=O)(=O)O.[Na].[Na]. The Morgan fingerprint density at radius 2 is 0.917 bits per heavy atom. The van der Waals surface area contributed by atoms with E-state index in [1.807, 2.05) is 12.1 Å². The summed E-state index contributed by atoms with van der Waals surface area (Å²) in [6.07, 6.45) is 2.45. The number of aliphatic hydroxyl groups excluding tert-OH is 2. The standard InChI is InChI=1S/C36H34N10O10S2.2Na/c47-17-19-55-35-43-31(37-25-7-3-1-4-8-25)41-33(45-35)39-27-15-13-23(29(21-27)57(49,50)51)11-12-24-14-16-28(22-30(24)58(52,53)54)40-34-42-32(38-26-9-5-2-6-10-26)44-36(46-34)56-20-18-48;;/h1-16,21-22,47-48H,17-20H2,(H,49,50,51)(H,52,53,54)(H2,37,39,41,43,45)(H2,38,40,42,44,46);;. The molecule has 20 nitrogen and oxygen atoms in total. The minimum absolute atomic E-state index is 0. The molecule has 0 atom stereocenters. The first-order chi connectivity index (χ1) is 27.9. The first-order valence-electron chi connectivity index (χ1n) is 16.9. The maximum atomic E-state index is 12.6. The minimum atomic E-state index is -4.88. The average molecular weight is 877 g/mol. The van der Waals surface area contributed by atoms with E-state index < -0.39 is 30.0 Å². The average Bonchev–Trinajstić information content (AvgIpc) is 3.19. The number of nitrogens with one attached hydrogen (secondary N) is 4. The van der Waals surface area contributed by atoms with E-state index in [1.165, 1.54) is 36.4 Å². The first-order valence-corrected chi connectivity index (χ1v) is 19.8. The second-order valence-corrected chi connectivity index (χ2v) is 14.4. The number of benzene rings is 4. The predicted octanol–water partition coefficient (Wildman–Crippen LogP) is 1.36.